The van der Waals surface area contributed by atoms with Gasteiger partial charge in [0.2, 0.25) is 0 Å². The van der Waals surface area contributed by atoms with E-state index in [9.17, 15) is 0 Å². The second kappa shape index (κ2) is 8.09. The third kappa shape index (κ3) is 4.78. The van der Waals surface area contributed by atoms with Gasteiger partial charge in [-0.1, -0.05) is 34.1 Å². The van der Waals surface area contributed by atoms with Gasteiger partial charge in [-0.15, -0.1) is 11.3 Å². The molecule has 0 aliphatic carbocycles. The molecule has 3 unspecified atom stereocenters. The van der Waals surface area contributed by atoms with Crippen molar-refractivity contribution < 1.29 is 0 Å². The summed E-state index contributed by atoms with van der Waals surface area (Å²) in [5, 5.41) is 5.99. The lowest BCUT2D eigenvalue weighted by Gasteiger charge is -2.43. The Morgan fingerprint density at radius 2 is 2.19 bits per heavy atom. The second-order valence-electron chi connectivity index (χ2n) is 6.80. The van der Waals surface area contributed by atoms with E-state index in [2.05, 4.69) is 65.3 Å². The summed E-state index contributed by atoms with van der Waals surface area (Å²) in [7, 11) is 0. The van der Waals surface area contributed by atoms with Gasteiger partial charge in [0.25, 0.3) is 0 Å². The molecule has 1 aromatic heterocycles. The number of hydrogen-bond acceptors (Lipinski definition) is 3. The van der Waals surface area contributed by atoms with E-state index in [1.165, 1.54) is 28.7 Å². The van der Waals surface area contributed by atoms with Gasteiger partial charge in [-0.05, 0) is 45.6 Å². The third-order valence-electron chi connectivity index (χ3n) is 4.68. The number of piperazine rings is 1. The van der Waals surface area contributed by atoms with E-state index in [1.807, 2.05) is 11.3 Å². The minimum atomic E-state index is 0.636. The molecule has 2 rings (SSSR count). The first-order valence-corrected chi connectivity index (χ1v) is 9.87. The quantitative estimate of drug-likeness (QED) is 0.775. The summed E-state index contributed by atoms with van der Waals surface area (Å²) >= 11 is 5.56. The Labute approximate surface area is 142 Å². The largest absolute Gasteiger partial charge is 0.311 e. The molecular formula is C17H29BrN2S. The molecule has 1 aliphatic rings. The van der Waals surface area contributed by atoms with E-state index in [1.54, 1.807) is 0 Å². The average Bonchev–Trinajstić information content (AvgIpc) is 2.85. The van der Waals surface area contributed by atoms with Crippen LogP contribution in [0.4, 0.5) is 0 Å². The second-order valence-corrected chi connectivity index (χ2v) is 8.66. The topological polar surface area (TPSA) is 15.3 Å². The lowest BCUT2D eigenvalue weighted by molar-refractivity contribution is 0.0897. The molecule has 4 heteroatoms. The monoisotopic (exact) mass is 372 g/mol. The molecule has 2 nitrogen and oxygen atoms in total. The summed E-state index contributed by atoms with van der Waals surface area (Å²) < 4.78 is 1.27. The number of rotatable bonds is 6. The summed E-state index contributed by atoms with van der Waals surface area (Å²) in [5.41, 5.74) is 0. The van der Waals surface area contributed by atoms with Gasteiger partial charge in [-0.2, -0.15) is 0 Å². The fourth-order valence-corrected chi connectivity index (χ4v) is 4.64. The zero-order valence-corrected chi connectivity index (χ0v) is 16.1. The highest BCUT2D eigenvalue weighted by molar-refractivity contribution is 9.10. The standard InChI is InChI=1S/C17H29BrN2S/c1-5-13(4)16-10-20(11-17-15(18)6-7-21-17)14(9-19-16)8-12(2)3/h6-7,12-14,16,19H,5,8-11H2,1-4H3. The van der Waals surface area contributed by atoms with Crippen LogP contribution in [0.25, 0.3) is 0 Å². The van der Waals surface area contributed by atoms with Crippen LogP contribution in [0, 0.1) is 11.8 Å². The third-order valence-corrected chi connectivity index (χ3v) is 6.59. The van der Waals surface area contributed by atoms with E-state index in [4.69, 9.17) is 0 Å². The Kier molecular flexibility index (Phi) is 6.73. The number of halogens is 1. The maximum atomic E-state index is 3.80. The van der Waals surface area contributed by atoms with Crippen molar-refractivity contribution in [3.8, 4) is 0 Å². The van der Waals surface area contributed by atoms with Crippen LogP contribution in [0.1, 0.15) is 45.4 Å². The van der Waals surface area contributed by atoms with Crippen molar-refractivity contribution in [1.29, 1.82) is 0 Å². The van der Waals surface area contributed by atoms with Crippen LogP contribution in [0.15, 0.2) is 15.9 Å². The Bertz CT molecular complexity index is 432. The highest BCUT2D eigenvalue weighted by Gasteiger charge is 2.30. The van der Waals surface area contributed by atoms with Gasteiger partial charge in [-0.25, -0.2) is 0 Å². The summed E-state index contributed by atoms with van der Waals surface area (Å²) in [4.78, 5) is 4.18. The van der Waals surface area contributed by atoms with Crippen LogP contribution in [0.3, 0.4) is 0 Å². The van der Waals surface area contributed by atoms with Crippen LogP contribution in [0.2, 0.25) is 0 Å². The number of nitrogens with zero attached hydrogens (tertiary/aromatic N) is 1. The fraction of sp³-hybridized carbons (Fsp3) is 0.765. The molecule has 0 spiro atoms. The van der Waals surface area contributed by atoms with Crippen molar-refractivity contribution in [3.63, 3.8) is 0 Å². The summed E-state index contributed by atoms with van der Waals surface area (Å²) in [6, 6.07) is 3.47. The van der Waals surface area contributed by atoms with Gasteiger partial charge in [0, 0.05) is 41.1 Å². The molecule has 1 N–H and O–H groups in total. The van der Waals surface area contributed by atoms with Crippen LogP contribution < -0.4 is 5.32 Å². The maximum Gasteiger partial charge on any atom is 0.0343 e. The predicted molar refractivity (Wildman–Crippen MR) is 96.9 cm³/mol. The first-order valence-electron chi connectivity index (χ1n) is 8.20. The molecule has 1 aromatic rings. The highest BCUT2D eigenvalue weighted by Crippen LogP contribution is 2.28. The molecule has 1 fully saturated rings. The molecular weight excluding hydrogens is 344 g/mol. The van der Waals surface area contributed by atoms with E-state index in [0.29, 0.717) is 12.1 Å². The van der Waals surface area contributed by atoms with Gasteiger partial charge in [-0.3, -0.25) is 4.90 Å². The van der Waals surface area contributed by atoms with Crippen molar-refractivity contribution in [2.45, 2.75) is 59.2 Å². The zero-order valence-electron chi connectivity index (χ0n) is 13.7. The molecule has 0 amide bonds. The molecule has 3 atom stereocenters. The molecule has 0 saturated carbocycles. The zero-order chi connectivity index (χ0) is 15.4. The Morgan fingerprint density at radius 1 is 1.43 bits per heavy atom. The smallest absolute Gasteiger partial charge is 0.0343 e. The van der Waals surface area contributed by atoms with Gasteiger partial charge in [0.05, 0.1) is 0 Å². The van der Waals surface area contributed by atoms with Crippen LogP contribution >= 0.6 is 27.3 Å². The first kappa shape index (κ1) is 17.5. The predicted octanol–water partition coefficient (Wildman–Crippen LogP) is 4.75. The lowest BCUT2D eigenvalue weighted by Crippen LogP contribution is -2.58. The highest BCUT2D eigenvalue weighted by atomic mass is 79.9. The molecule has 2 heterocycles. The number of hydrogen-bond donors (Lipinski definition) is 1. The minimum absolute atomic E-state index is 0.636. The molecule has 120 valence electrons. The van der Waals surface area contributed by atoms with Gasteiger partial charge in [0.15, 0.2) is 0 Å². The van der Waals surface area contributed by atoms with Crippen molar-refractivity contribution in [1.82, 2.24) is 10.2 Å². The average molecular weight is 373 g/mol. The Balaban J connectivity index is 2.07. The minimum Gasteiger partial charge on any atom is -0.311 e. The Morgan fingerprint density at radius 3 is 2.76 bits per heavy atom. The molecule has 0 bridgehead atoms. The number of nitrogens with one attached hydrogen (secondary N) is 1. The summed E-state index contributed by atoms with van der Waals surface area (Å²) in [6.07, 6.45) is 2.53. The van der Waals surface area contributed by atoms with Crippen LogP contribution in [-0.2, 0) is 6.54 Å². The fourth-order valence-electron chi connectivity index (χ4n) is 3.14. The molecule has 0 aromatic carbocycles. The normalized spacial score (nSPS) is 25.4. The maximum absolute atomic E-state index is 3.80. The van der Waals surface area contributed by atoms with Crippen LogP contribution in [-0.4, -0.2) is 30.1 Å². The van der Waals surface area contributed by atoms with Gasteiger partial charge < -0.3 is 5.32 Å². The van der Waals surface area contributed by atoms with Crippen molar-refractivity contribution >= 4 is 27.3 Å². The van der Waals surface area contributed by atoms with E-state index < -0.39 is 0 Å². The first-order chi connectivity index (χ1) is 10.0. The van der Waals surface area contributed by atoms with E-state index >= 15 is 0 Å². The van der Waals surface area contributed by atoms with E-state index in [0.717, 1.165) is 24.9 Å². The van der Waals surface area contributed by atoms with Gasteiger partial charge in [0.1, 0.15) is 0 Å². The van der Waals surface area contributed by atoms with Crippen molar-refractivity contribution in [2.75, 3.05) is 13.1 Å². The van der Waals surface area contributed by atoms with Gasteiger partial charge >= 0.3 is 0 Å². The summed E-state index contributed by atoms with van der Waals surface area (Å²) in [5.74, 6) is 1.51. The Hall–Kier alpha value is 0.1000. The summed E-state index contributed by atoms with van der Waals surface area (Å²) in [6.45, 7) is 12.7. The molecule has 21 heavy (non-hydrogen) atoms. The lowest BCUT2D eigenvalue weighted by atomic mass is 9.93. The molecule has 0 radical (unpaired) electrons. The van der Waals surface area contributed by atoms with E-state index in [-0.39, 0.29) is 0 Å². The van der Waals surface area contributed by atoms with Crippen molar-refractivity contribution in [3.05, 3.63) is 20.8 Å². The SMILES string of the molecule is CCC(C)C1CN(Cc2sccc2Br)C(CC(C)C)CN1. The van der Waals surface area contributed by atoms with Crippen LogP contribution in [0.5, 0.6) is 0 Å². The number of thiophene rings is 1. The van der Waals surface area contributed by atoms with Crippen molar-refractivity contribution in [2.24, 2.45) is 11.8 Å². The molecule has 1 saturated heterocycles. The molecule has 1 aliphatic heterocycles.